The van der Waals surface area contributed by atoms with Crippen LogP contribution in [0.25, 0.3) is 0 Å². The summed E-state index contributed by atoms with van der Waals surface area (Å²) in [5, 5.41) is 2.28. The number of quaternary nitrogens is 1. The summed E-state index contributed by atoms with van der Waals surface area (Å²) in [7, 11) is 0. The molecular formula is C15H19F3N3O2+. The topological polar surface area (TPSA) is 76.6 Å². The molecule has 1 fully saturated rings. The lowest BCUT2D eigenvalue weighted by atomic mass is 9.95. The Balaban J connectivity index is 1.99. The Kier molecular flexibility index (Phi) is 5.25. The summed E-state index contributed by atoms with van der Waals surface area (Å²) in [6.45, 7) is 2.83. The molecule has 1 aliphatic rings. The fourth-order valence-corrected chi connectivity index (χ4v) is 2.75. The van der Waals surface area contributed by atoms with Gasteiger partial charge < -0.3 is 16.0 Å². The van der Waals surface area contributed by atoms with Gasteiger partial charge in [0.1, 0.15) is 0 Å². The van der Waals surface area contributed by atoms with Gasteiger partial charge in [0.15, 0.2) is 23.5 Å². The highest BCUT2D eigenvalue weighted by Crippen LogP contribution is 2.19. The second-order valence-corrected chi connectivity index (χ2v) is 5.77. The van der Waals surface area contributed by atoms with Gasteiger partial charge in [0, 0.05) is 18.8 Å². The van der Waals surface area contributed by atoms with Crippen molar-refractivity contribution in [3.8, 4) is 0 Å². The SMILES string of the molecule is C[C@H](C(=O)Nc1ccc(F)c(F)c1F)[NH+]1CCC(C(N)=O)CC1. The maximum absolute atomic E-state index is 13.6. The normalized spacial score (nSPS) is 22.4. The minimum Gasteiger partial charge on any atom is -0.369 e. The second-order valence-electron chi connectivity index (χ2n) is 5.77. The first-order valence-electron chi connectivity index (χ1n) is 7.39. The Morgan fingerprint density at radius 1 is 1.22 bits per heavy atom. The molecule has 1 saturated heterocycles. The summed E-state index contributed by atoms with van der Waals surface area (Å²) in [5.74, 6) is -5.38. The van der Waals surface area contributed by atoms with Crippen LogP contribution in [0.5, 0.6) is 0 Å². The molecule has 8 heteroatoms. The van der Waals surface area contributed by atoms with Crippen molar-refractivity contribution in [2.45, 2.75) is 25.8 Å². The quantitative estimate of drug-likeness (QED) is 0.691. The average molecular weight is 330 g/mol. The van der Waals surface area contributed by atoms with Crippen molar-refractivity contribution in [2.24, 2.45) is 11.7 Å². The van der Waals surface area contributed by atoms with Crippen molar-refractivity contribution in [2.75, 3.05) is 18.4 Å². The van der Waals surface area contributed by atoms with Gasteiger partial charge in [-0.1, -0.05) is 0 Å². The summed E-state index contributed by atoms with van der Waals surface area (Å²) in [4.78, 5) is 24.2. The smallest absolute Gasteiger partial charge is 0.282 e. The van der Waals surface area contributed by atoms with Crippen LogP contribution in [0.2, 0.25) is 0 Å². The monoisotopic (exact) mass is 330 g/mol. The molecule has 1 heterocycles. The number of carbonyl (C=O) groups excluding carboxylic acids is 2. The minimum absolute atomic E-state index is 0.183. The number of likely N-dealkylation sites (tertiary alicyclic amines) is 1. The number of amides is 2. The zero-order valence-corrected chi connectivity index (χ0v) is 12.7. The van der Waals surface area contributed by atoms with E-state index in [-0.39, 0.29) is 11.8 Å². The molecule has 4 N–H and O–H groups in total. The number of anilines is 1. The lowest BCUT2D eigenvalue weighted by Crippen LogP contribution is -3.17. The number of carbonyl (C=O) groups is 2. The first kappa shape index (κ1) is 17.3. The van der Waals surface area contributed by atoms with Gasteiger partial charge in [0.05, 0.1) is 18.8 Å². The summed E-state index contributed by atoms with van der Waals surface area (Å²) < 4.78 is 39.6. The molecule has 126 valence electrons. The van der Waals surface area contributed by atoms with Crippen molar-refractivity contribution in [1.29, 1.82) is 0 Å². The molecule has 1 aromatic carbocycles. The molecule has 0 radical (unpaired) electrons. The Labute approximate surface area is 131 Å². The third-order valence-electron chi connectivity index (χ3n) is 4.33. The van der Waals surface area contributed by atoms with E-state index < -0.39 is 35.1 Å². The van der Waals surface area contributed by atoms with Crippen LogP contribution in [0, 0.1) is 23.4 Å². The molecule has 23 heavy (non-hydrogen) atoms. The summed E-state index contributed by atoms with van der Waals surface area (Å²) in [6.07, 6.45) is 1.17. The molecule has 5 nitrogen and oxygen atoms in total. The van der Waals surface area contributed by atoms with E-state index in [2.05, 4.69) is 5.32 Å². The first-order chi connectivity index (χ1) is 10.8. The molecule has 1 aromatic rings. The van der Waals surface area contributed by atoms with Gasteiger partial charge in [-0.3, -0.25) is 9.59 Å². The van der Waals surface area contributed by atoms with Crippen LogP contribution >= 0.6 is 0 Å². The average Bonchev–Trinajstić information content (AvgIpc) is 2.54. The molecule has 2 rings (SSSR count). The van der Waals surface area contributed by atoms with Crippen molar-refractivity contribution >= 4 is 17.5 Å². The Morgan fingerprint density at radius 2 is 1.83 bits per heavy atom. The first-order valence-corrected chi connectivity index (χ1v) is 7.39. The predicted octanol–water partition coefficient (Wildman–Crippen LogP) is 0.211. The molecule has 2 amide bonds. The number of hydrogen-bond donors (Lipinski definition) is 3. The lowest BCUT2D eigenvalue weighted by molar-refractivity contribution is -0.919. The number of primary amides is 1. The van der Waals surface area contributed by atoms with Crippen LogP contribution in [0.1, 0.15) is 19.8 Å². The number of rotatable bonds is 4. The molecule has 0 unspecified atom stereocenters. The number of nitrogens with two attached hydrogens (primary N) is 1. The van der Waals surface area contributed by atoms with E-state index in [0.717, 1.165) is 17.0 Å². The van der Waals surface area contributed by atoms with E-state index in [4.69, 9.17) is 5.73 Å². The van der Waals surface area contributed by atoms with Gasteiger partial charge in [-0.25, -0.2) is 13.2 Å². The van der Waals surface area contributed by atoms with Crippen molar-refractivity contribution in [3.63, 3.8) is 0 Å². The molecule has 0 spiro atoms. The van der Waals surface area contributed by atoms with Crippen molar-refractivity contribution in [1.82, 2.24) is 0 Å². The maximum Gasteiger partial charge on any atom is 0.282 e. The maximum atomic E-state index is 13.6. The molecule has 0 aromatic heterocycles. The van der Waals surface area contributed by atoms with E-state index in [1.54, 1.807) is 6.92 Å². The van der Waals surface area contributed by atoms with Crippen LogP contribution in [0.4, 0.5) is 18.9 Å². The molecular weight excluding hydrogens is 311 g/mol. The lowest BCUT2D eigenvalue weighted by Gasteiger charge is -2.31. The van der Waals surface area contributed by atoms with E-state index in [0.29, 0.717) is 25.9 Å². The van der Waals surface area contributed by atoms with Crippen LogP contribution in [0.3, 0.4) is 0 Å². The predicted molar refractivity (Wildman–Crippen MR) is 77.0 cm³/mol. The van der Waals surface area contributed by atoms with Crippen LogP contribution in [0.15, 0.2) is 12.1 Å². The zero-order valence-electron chi connectivity index (χ0n) is 12.7. The van der Waals surface area contributed by atoms with Gasteiger partial charge in [-0.15, -0.1) is 0 Å². The number of benzene rings is 1. The molecule has 0 bridgehead atoms. The van der Waals surface area contributed by atoms with Crippen LogP contribution < -0.4 is 16.0 Å². The zero-order chi connectivity index (χ0) is 17.1. The highest BCUT2D eigenvalue weighted by Gasteiger charge is 2.32. The highest BCUT2D eigenvalue weighted by atomic mass is 19.2. The molecule has 1 atom stereocenters. The van der Waals surface area contributed by atoms with Crippen LogP contribution in [-0.2, 0) is 9.59 Å². The van der Waals surface area contributed by atoms with Gasteiger partial charge in [0.25, 0.3) is 5.91 Å². The molecule has 0 aliphatic carbocycles. The van der Waals surface area contributed by atoms with Crippen molar-refractivity contribution < 1.29 is 27.7 Å². The van der Waals surface area contributed by atoms with Gasteiger partial charge >= 0.3 is 0 Å². The fourth-order valence-electron chi connectivity index (χ4n) is 2.75. The Morgan fingerprint density at radius 3 is 2.39 bits per heavy atom. The second kappa shape index (κ2) is 6.99. The molecule has 1 aliphatic heterocycles. The van der Waals surface area contributed by atoms with Gasteiger partial charge in [0.2, 0.25) is 5.91 Å². The van der Waals surface area contributed by atoms with E-state index in [1.165, 1.54) is 0 Å². The summed E-state index contributed by atoms with van der Waals surface area (Å²) in [5.41, 5.74) is 4.86. The van der Waals surface area contributed by atoms with Crippen LogP contribution in [-0.4, -0.2) is 30.9 Å². The van der Waals surface area contributed by atoms with Gasteiger partial charge in [-0.2, -0.15) is 0 Å². The standard InChI is InChI=1S/C15H18F3N3O2/c1-8(21-6-4-9(5-7-21)14(19)22)15(23)20-11-3-2-10(16)12(17)13(11)18/h2-3,8-9H,4-7H2,1H3,(H2,19,22)(H,20,23)/p+1/t8-/m1/s1. The highest BCUT2D eigenvalue weighted by molar-refractivity contribution is 5.93. The summed E-state index contributed by atoms with van der Waals surface area (Å²) in [6, 6.07) is 1.22. The third-order valence-corrected chi connectivity index (χ3v) is 4.33. The largest absolute Gasteiger partial charge is 0.369 e. The minimum atomic E-state index is -1.62. The fraction of sp³-hybridized carbons (Fsp3) is 0.467. The Bertz CT molecular complexity index is 616. The number of hydrogen-bond acceptors (Lipinski definition) is 2. The van der Waals surface area contributed by atoms with Gasteiger partial charge in [-0.05, 0) is 19.1 Å². The van der Waals surface area contributed by atoms with E-state index in [1.807, 2.05) is 0 Å². The number of halogens is 3. The Hall–Kier alpha value is -2.09. The summed E-state index contributed by atoms with van der Waals surface area (Å²) >= 11 is 0. The number of piperidine rings is 1. The molecule has 0 saturated carbocycles. The van der Waals surface area contributed by atoms with Crippen molar-refractivity contribution in [3.05, 3.63) is 29.6 Å². The van der Waals surface area contributed by atoms with E-state index in [9.17, 15) is 22.8 Å². The number of nitrogens with one attached hydrogen (secondary N) is 2. The van der Waals surface area contributed by atoms with E-state index >= 15 is 0 Å². The third kappa shape index (κ3) is 3.82.